The van der Waals surface area contributed by atoms with Gasteiger partial charge in [-0.1, -0.05) is 26.2 Å². The largest absolute Gasteiger partial charge is 0.508 e. The number of hydrogen-bond donors (Lipinski definition) is 3. The molecule has 3 N–H and O–H groups in total. The van der Waals surface area contributed by atoms with Crippen molar-refractivity contribution in [3.05, 3.63) is 47.5 Å². The third-order valence-corrected chi connectivity index (χ3v) is 3.71. The fraction of sp³-hybridized carbons (Fsp3) is 0.316. The first-order valence-corrected chi connectivity index (χ1v) is 8.05. The summed E-state index contributed by atoms with van der Waals surface area (Å²) in [5, 5.41) is 29.1. The van der Waals surface area contributed by atoms with Crippen LogP contribution in [0.3, 0.4) is 0 Å². The Bertz CT molecular complexity index is 709. The fourth-order valence-electron chi connectivity index (χ4n) is 2.37. The van der Waals surface area contributed by atoms with Gasteiger partial charge in [0.1, 0.15) is 23.0 Å². The Morgan fingerprint density at radius 2 is 1.58 bits per heavy atom. The number of phenols is 3. The van der Waals surface area contributed by atoms with Crippen molar-refractivity contribution >= 4 is 5.78 Å². The van der Waals surface area contributed by atoms with E-state index in [4.69, 9.17) is 4.74 Å². The Hall–Kier alpha value is -2.69. The first-order valence-electron chi connectivity index (χ1n) is 8.05. The van der Waals surface area contributed by atoms with Crippen molar-refractivity contribution in [2.24, 2.45) is 0 Å². The Kier molecular flexibility index (Phi) is 6.07. The molecule has 0 aliphatic carbocycles. The molecule has 5 nitrogen and oxygen atoms in total. The summed E-state index contributed by atoms with van der Waals surface area (Å²) >= 11 is 0. The Morgan fingerprint density at radius 1 is 0.917 bits per heavy atom. The maximum atomic E-state index is 12.4. The van der Waals surface area contributed by atoms with Gasteiger partial charge in [0.15, 0.2) is 5.78 Å². The molecule has 0 heterocycles. The van der Waals surface area contributed by atoms with E-state index in [-0.39, 0.29) is 28.4 Å². The van der Waals surface area contributed by atoms with Crippen LogP contribution in [0.15, 0.2) is 36.4 Å². The monoisotopic (exact) mass is 330 g/mol. The number of aromatic hydroxyl groups is 3. The van der Waals surface area contributed by atoms with Crippen molar-refractivity contribution in [2.45, 2.75) is 32.6 Å². The summed E-state index contributed by atoms with van der Waals surface area (Å²) in [6.07, 6.45) is 4.36. The zero-order chi connectivity index (χ0) is 17.5. The average Bonchev–Trinajstić information content (AvgIpc) is 2.54. The lowest BCUT2D eigenvalue weighted by Crippen LogP contribution is -2.03. The quantitative estimate of drug-likeness (QED) is 0.503. The molecule has 2 aromatic rings. The molecular weight excluding hydrogens is 308 g/mol. The number of carbonyl (C=O) groups is 1. The SMILES string of the molecule is CCCCCCOc1ccc(C(=O)c2ccc(O)cc2O)c(O)c1. The van der Waals surface area contributed by atoms with Gasteiger partial charge in [-0.15, -0.1) is 0 Å². The standard InChI is InChI=1S/C19H22O5/c1-2-3-4-5-10-24-14-7-9-16(18(22)12-14)19(23)15-8-6-13(20)11-17(15)21/h6-9,11-12,20-22H,2-5,10H2,1H3. The van der Waals surface area contributed by atoms with E-state index in [0.717, 1.165) is 31.7 Å². The predicted octanol–water partition coefficient (Wildman–Crippen LogP) is 3.99. The molecule has 0 aromatic heterocycles. The maximum absolute atomic E-state index is 12.4. The van der Waals surface area contributed by atoms with Crippen LogP contribution in [-0.4, -0.2) is 27.7 Å². The number of unbranched alkanes of at least 4 members (excludes halogenated alkanes) is 3. The summed E-state index contributed by atoms with van der Waals surface area (Å²) in [6, 6.07) is 8.17. The third kappa shape index (κ3) is 4.41. The number of ketones is 1. The molecule has 0 spiro atoms. The van der Waals surface area contributed by atoms with E-state index < -0.39 is 5.78 Å². The summed E-state index contributed by atoms with van der Waals surface area (Å²) in [4.78, 5) is 12.4. The molecule has 24 heavy (non-hydrogen) atoms. The van der Waals surface area contributed by atoms with Gasteiger partial charge >= 0.3 is 0 Å². The molecule has 0 atom stereocenters. The van der Waals surface area contributed by atoms with Gasteiger partial charge in [0.2, 0.25) is 0 Å². The minimum absolute atomic E-state index is 0.0105. The smallest absolute Gasteiger partial charge is 0.200 e. The van der Waals surface area contributed by atoms with Crippen LogP contribution in [-0.2, 0) is 0 Å². The topological polar surface area (TPSA) is 87.0 Å². The van der Waals surface area contributed by atoms with Gasteiger partial charge in [-0.25, -0.2) is 0 Å². The Labute approximate surface area is 141 Å². The van der Waals surface area contributed by atoms with Crippen molar-refractivity contribution < 1.29 is 24.9 Å². The number of carbonyl (C=O) groups excluding carboxylic acids is 1. The van der Waals surface area contributed by atoms with Crippen LogP contribution >= 0.6 is 0 Å². The van der Waals surface area contributed by atoms with Crippen LogP contribution in [0.1, 0.15) is 48.5 Å². The maximum Gasteiger partial charge on any atom is 0.200 e. The first-order chi connectivity index (χ1) is 11.5. The zero-order valence-electron chi connectivity index (χ0n) is 13.7. The molecule has 2 aromatic carbocycles. The summed E-state index contributed by atoms with van der Waals surface area (Å²) in [5.41, 5.74) is 0.0747. The van der Waals surface area contributed by atoms with E-state index in [0.29, 0.717) is 12.4 Å². The van der Waals surface area contributed by atoms with E-state index in [2.05, 4.69) is 6.92 Å². The van der Waals surface area contributed by atoms with Gasteiger partial charge in [0, 0.05) is 12.1 Å². The number of rotatable bonds is 8. The number of phenolic OH excluding ortho intramolecular Hbond substituents is 3. The zero-order valence-corrected chi connectivity index (χ0v) is 13.7. The fourth-order valence-corrected chi connectivity index (χ4v) is 2.37. The molecule has 0 radical (unpaired) electrons. The second-order valence-corrected chi connectivity index (χ2v) is 5.62. The van der Waals surface area contributed by atoms with E-state index in [1.165, 1.54) is 24.3 Å². The van der Waals surface area contributed by atoms with E-state index >= 15 is 0 Å². The summed E-state index contributed by atoms with van der Waals surface area (Å²) < 4.78 is 5.56. The second-order valence-electron chi connectivity index (χ2n) is 5.62. The normalized spacial score (nSPS) is 10.5. The number of hydrogen-bond acceptors (Lipinski definition) is 5. The Morgan fingerprint density at radius 3 is 2.21 bits per heavy atom. The lowest BCUT2D eigenvalue weighted by Gasteiger charge is -2.10. The highest BCUT2D eigenvalue weighted by molar-refractivity contribution is 6.12. The molecule has 128 valence electrons. The minimum Gasteiger partial charge on any atom is -0.508 e. The average molecular weight is 330 g/mol. The summed E-state index contributed by atoms with van der Waals surface area (Å²) in [5.74, 6) is -0.718. The van der Waals surface area contributed by atoms with E-state index in [1.54, 1.807) is 6.07 Å². The van der Waals surface area contributed by atoms with Crippen LogP contribution in [0.2, 0.25) is 0 Å². The highest BCUT2D eigenvalue weighted by Crippen LogP contribution is 2.30. The van der Waals surface area contributed by atoms with Gasteiger partial charge in [0.25, 0.3) is 0 Å². The van der Waals surface area contributed by atoms with Crippen LogP contribution < -0.4 is 4.74 Å². The Balaban J connectivity index is 2.07. The summed E-state index contributed by atoms with van der Waals surface area (Å²) in [7, 11) is 0. The molecule has 0 fully saturated rings. The molecule has 0 bridgehead atoms. The van der Waals surface area contributed by atoms with Gasteiger partial charge in [0.05, 0.1) is 17.7 Å². The second kappa shape index (κ2) is 8.24. The number of benzene rings is 2. The van der Waals surface area contributed by atoms with Crippen LogP contribution in [0.25, 0.3) is 0 Å². The molecule has 0 aliphatic heterocycles. The van der Waals surface area contributed by atoms with Crippen molar-refractivity contribution in [3.63, 3.8) is 0 Å². The van der Waals surface area contributed by atoms with Crippen molar-refractivity contribution in [2.75, 3.05) is 6.61 Å². The van der Waals surface area contributed by atoms with Gasteiger partial charge in [-0.3, -0.25) is 4.79 Å². The molecular formula is C19H22O5. The molecule has 5 heteroatoms. The lowest BCUT2D eigenvalue weighted by atomic mass is 10.0. The van der Waals surface area contributed by atoms with Gasteiger partial charge in [-0.2, -0.15) is 0 Å². The minimum atomic E-state index is -0.528. The molecule has 0 unspecified atom stereocenters. The van der Waals surface area contributed by atoms with E-state index in [9.17, 15) is 20.1 Å². The van der Waals surface area contributed by atoms with Crippen molar-refractivity contribution in [1.82, 2.24) is 0 Å². The summed E-state index contributed by atoms with van der Waals surface area (Å²) in [6.45, 7) is 2.70. The predicted molar refractivity (Wildman–Crippen MR) is 90.9 cm³/mol. The van der Waals surface area contributed by atoms with Crippen LogP contribution in [0, 0.1) is 0 Å². The highest BCUT2D eigenvalue weighted by atomic mass is 16.5. The molecule has 0 aliphatic rings. The highest BCUT2D eigenvalue weighted by Gasteiger charge is 2.18. The van der Waals surface area contributed by atoms with E-state index in [1.807, 2.05) is 0 Å². The van der Waals surface area contributed by atoms with Gasteiger partial charge in [-0.05, 0) is 30.7 Å². The first kappa shape index (κ1) is 17.7. The lowest BCUT2D eigenvalue weighted by molar-refractivity contribution is 0.103. The van der Waals surface area contributed by atoms with Gasteiger partial charge < -0.3 is 20.1 Å². The third-order valence-electron chi connectivity index (χ3n) is 3.71. The number of ether oxygens (including phenoxy) is 1. The molecule has 0 saturated heterocycles. The van der Waals surface area contributed by atoms with Crippen molar-refractivity contribution in [3.8, 4) is 23.0 Å². The molecule has 0 saturated carbocycles. The van der Waals surface area contributed by atoms with Crippen LogP contribution in [0.5, 0.6) is 23.0 Å². The molecule has 0 amide bonds. The van der Waals surface area contributed by atoms with Crippen molar-refractivity contribution in [1.29, 1.82) is 0 Å². The van der Waals surface area contributed by atoms with Crippen LogP contribution in [0.4, 0.5) is 0 Å². The molecule has 2 rings (SSSR count).